The van der Waals surface area contributed by atoms with Gasteiger partial charge in [0.05, 0.1) is 35.9 Å². The molecule has 0 unspecified atom stereocenters. The summed E-state index contributed by atoms with van der Waals surface area (Å²) in [5.74, 6) is -0.0134. The summed E-state index contributed by atoms with van der Waals surface area (Å²) >= 11 is 0. The molecule has 0 saturated heterocycles. The second-order valence-corrected chi connectivity index (χ2v) is 9.05. The Morgan fingerprint density at radius 1 is 0.941 bits per heavy atom. The van der Waals surface area contributed by atoms with E-state index in [0.29, 0.717) is 30.3 Å². The van der Waals surface area contributed by atoms with Crippen LogP contribution < -0.4 is 14.2 Å². The van der Waals surface area contributed by atoms with Crippen molar-refractivity contribution in [1.29, 1.82) is 0 Å². The van der Waals surface area contributed by atoms with Gasteiger partial charge in [0, 0.05) is 12.3 Å². The van der Waals surface area contributed by atoms with Gasteiger partial charge in [-0.1, -0.05) is 12.1 Å². The van der Waals surface area contributed by atoms with E-state index in [1.54, 1.807) is 49.4 Å². The van der Waals surface area contributed by atoms with Crippen molar-refractivity contribution in [2.45, 2.75) is 25.3 Å². The number of hydrogen-bond acceptors (Lipinski definition) is 7. The minimum absolute atomic E-state index is 0.00662. The summed E-state index contributed by atoms with van der Waals surface area (Å²) in [4.78, 5) is 30.1. The Morgan fingerprint density at radius 2 is 1.68 bits per heavy atom. The van der Waals surface area contributed by atoms with E-state index in [2.05, 4.69) is 9.71 Å². The number of benzene rings is 2. The third-order valence-corrected chi connectivity index (χ3v) is 6.49. The van der Waals surface area contributed by atoms with Crippen molar-refractivity contribution in [2.24, 2.45) is 0 Å². The van der Waals surface area contributed by atoms with E-state index < -0.39 is 21.8 Å². The highest BCUT2D eigenvalue weighted by Gasteiger charge is 2.36. The van der Waals surface area contributed by atoms with Crippen molar-refractivity contribution >= 4 is 27.5 Å². The first-order valence-electron chi connectivity index (χ1n) is 10.7. The molecule has 1 N–H and O–H groups in total. The maximum Gasteiger partial charge on any atom is 0.280 e. The van der Waals surface area contributed by atoms with Crippen LogP contribution in [-0.2, 0) is 16.6 Å². The minimum Gasteiger partial charge on any atom is -0.494 e. The number of sulfonamides is 1. The maximum absolute atomic E-state index is 13.0. The van der Waals surface area contributed by atoms with E-state index in [1.165, 1.54) is 18.3 Å². The molecule has 34 heavy (non-hydrogen) atoms. The van der Waals surface area contributed by atoms with Crippen molar-refractivity contribution < 1.29 is 27.5 Å². The monoisotopic (exact) mass is 481 g/mol. The Balaban J connectivity index is 1.52. The first kappa shape index (κ1) is 23.2. The molecule has 0 spiro atoms. The van der Waals surface area contributed by atoms with Gasteiger partial charge >= 0.3 is 0 Å². The van der Waals surface area contributed by atoms with E-state index in [1.807, 2.05) is 6.92 Å². The van der Waals surface area contributed by atoms with Crippen LogP contribution in [0.25, 0.3) is 0 Å². The van der Waals surface area contributed by atoms with Crippen LogP contribution in [0.15, 0.2) is 65.7 Å². The fourth-order valence-electron chi connectivity index (χ4n) is 3.54. The topological polar surface area (TPSA) is 115 Å². The zero-order chi connectivity index (χ0) is 24.3. The molecule has 0 radical (unpaired) electrons. The molecule has 0 aliphatic carbocycles. The number of nitrogens with zero attached hydrogens (tertiary/aromatic N) is 2. The molecule has 2 heterocycles. The first-order valence-corrected chi connectivity index (χ1v) is 12.1. The van der Waals surface area contributed by atoms with Gasteiger partial charge in [0.1, 0.15) is 17.2 Å². The molecule has 1 aromatic heterocycles. The number of amides is 2. The number of carbonyl (C=O) groups excluding carboxylic acids is 2. The number of rotatable bonds is 9. The lowest BCUT2D eigenvalue weighted by atomic mass is 10.2. The highest BCUT2D eigenvalue weighted by molar-refractivity contribution is 7.92. The van der Waals surface area contributed by atoms with Gasteiger partial charge in [0.2, 0.25) is 0 Å². The number of hydrogen-bond donors (Lipinski definition) is 1. The summed E-state index contributed by atoms with van der Waals surface area (Å²) in [5.41, 5.74) is 1.24. The number of aromatic nitrogens is 1. The average Bonchev–Trinajstić information content (AvgIpc) is 3.06. The Morgan fingerprint density at radius 3 is 2.35 bits per heavy atom. The zero-order valence-electron chi connectivity index (χ0n) is 18.6. The Bertz CT molecular complexity index is 1300. The molecular formula is C24H23N3O6S. The van der Waals surface area contributed by atoms with Crippen molar-refractivity contribution in [3.8, 4) is 11.5 Å². The SMILES string of the molecule is CCOc1ccc(OCC)c(NS(=O)(=O)c2ccc(CN3C(=O)c4cccnc4C3=O)cc2)c1. The minimum atomic E-state index is -3.94. The predicted molar refractivity (Wildman–Crippen MR) is 124 cm³/mol. The normalized spacial score (nSPS) is 13.1. The molecule has 0 atom stereocenters. The zero-order valence-corrected chi connectivity index (χ0v) is 19.5. The van der Waals surface area contributed by atoms with E-state index >= 15 is 0 Å². The number of carbonyl (C=O) groups is 2. The van der Waals surface area contributed by atoms with Crippen LogP contribution in [-0.4, -0.2) is 43.3 Å². The summed E-state index contributed by atoms with van der Waals surface area (Å²) in [7, 11) is -3.94. The Hall–Kier alpha value is -3.92. The summed E-state index contributed by atoms with van der Waals surface area (Å²) in [6.07, 6.45) is 1.46. The molecular weight excluding hydrogens is 458 g/mol. The van der Waals surface area contributed by atoms with E-state index in [4.69, 9.17) is 9.47 Å². The van der Waals surface area contributed by atoms with Gasteiger partial charge in [-0.2, -0.15) is 0 Å². The molecule has 2 amide bonds. The van der Waals surface area contributed by atoms with E-state index in [0.717, 1.165) is 4.90 Å². The van der Waals surface area contributed by atoms with Crippen molar-refractivity contribution in [2.75, 3.05) is 17.9 Å². The molecule has 9 nitrogen and oxygen atoms in total. The van der Waals surface area contributed by atoms with Gasteiger partial charge in [-0.3, -0.25) is 24.2 Å². The summed E-state index contributed by atoms with van der Waals surface area (Å²) in [6, 6.07) is 14.0. The number of nitrogens with one attached hydrogen (secondary N) is 1. The van der Waals surface area contributed by atoms with Gasteiger partial charge in [0.15, 0.2) is 0 Å². The summed E-state index contributed by atoms with van der Waals surface area (Å²) < 4.78 is 39.5. The smallest absolute Gasteiger partial charge is 0.280 e. The number of anilines is 1. The molecule has 0 bridgehead atoms. The standard InChI is InChI=1S/C24H23N3O6S/c1-3-32-17-9-12-21(33-4-2)20(14-17)26-34(30,31)18-10-7-16(8-11-18)15-27-23(28)19-6-5-13-25-22(19)24(27)29/h5-14,26H,3-4,15H2,1-2H3. The average molecular weight is 482 g/mol. The Labute approximate surface area is 197 Å². The number of ether oxygens (including phenoxy) is 2. The third-order valence-electron chi connectivity index (χ3n) is 5.11. The molecule has 4 rings (SSSR count). The number of fused-ring (bicyclic) bond motifs is 1. The molecule has 0 fully saturated rings. The maximum atomic E-state index is 13.0. The molecule has 1 aliphatic rings. The van der Waals surface area contributed by atoms with Gasteiger partial charge in [-0.15, -0.1) is 0 Å². The molecule has 10 heteroatoms. The van der Waals surface area contributed by atoms with Crippen molar-refractivity contribution in [1.82, 2.24) is 9.88 Å². The van der Waals surface area contributed by atoms with E-state index in [-0.39, 0.29) is 28.4 Å². The molecule has 176 valence electrons. The van der Waals surface area contributed by atoms with Crippen LogP contribution in [0.3, 0.4) is 0 Å². The third kappa shape index (κ3) is 4.58. The summed E-state index contributed by atoms with van der Waals surface area (Å²) in [6.45, 7) is 4.44. The van der Waals surface area contributed by atoms with Gasteiger partial charge in [-0.05, 0) is 55.8 Å². The van der Waals surface area contributed by atoms with Crippen LogP contribution in [0.4, 0.5) is 5.69 Å². The first-order chi connectivity index (χ1) is 16.3. The molecule has 2 aromatic carbocycles. The molecule has 3 aromatic rings. The largest absolute Gasteiger partial charge is 0.494 e. The van der Waals surface area contributed by atoms with Crippen LogP contribution in [0.2, 0.25) is 0 Å². The number of imide groups is 1. The van der Waals surface area contributed by atoms with Crippen LogP contribution in [0, 0.1) is 0 Å². The van der Waals surface area contributed by atoms with Crippen molar-refractivity contribution in [3.63, 3.8) is 0 Å². The lowest BCUT2D eigenvalue weighted by Crippen LogP contribution is -2.29. The predicted octanol–water partition coefficient (Wildman–Crippen LogP) is 3.48. The van der Waals surface area contributed by atoms with Crippen LogP contribution in [0.1, 0.15) is 40.3 Å². The Kier molecular flexibility index (Phi) is 6.51. The fraction of sp³-hybridized carbons (Fsp3) is 0.208. The van der Waals surface area contributed by atoms with Crippen molar-refractivity contribution in [3.05, 3.63) is 77.6 Å². The highest BCUT2D eigenvalue weighted by Crippen LogP contribution is 2.31. The van der Waals surface area contributed by atoms with Gasteiger partial charge in [-0.25, -0.2) is 8.42 Å². The van der Waals surface area contributed by atoms with E-state index in [9.17, 15) is 18.0 Å². The van der Waals surface area contributed by atoms with Crippen LogP contribution >= 0.6 is 0 Å². The molecule has 0 saturated carbocycles. The lowest BCUT2D eigenvalue weighted by molar-refractivity contribution is 0.0640. The second-order valence-electron chi connectivity index (χ2n) is 7.37. The number of pyridine rings is 1. The molecule has 1 aliphatic heterocycles. The quantitative estimate of drug-likeness (QED) is 0.465. The van der Waals surface area contributed by atoms with Gasteiger partial charge < -0.3 is 9.47 Å². The fourth-order valence-corrected chi connectivity index (χ4v) is 4.61. The second kappa shape index (κ2) is 9.52. The highest BCUT2D eigenvalue weighted by atomic mass is 32.2. The lowest BCUT2D eigenvalue weighted by Gasteiger charge is -2.16. The van der Waals surface area contributed by atoms with Crippen LogP contribution in [0.5, 0.6) is 11.5 Å². The summed E-state index contributed by atoms with van der Waals surface area (Å²) in [5, 5.41) is 0. The van der Waals surface area contributed by atoms with Gasteiger partial charge in [0.25, 0.3) is 21.8 Å².